The molecule has 1 aromatic rings. The van der Waals surface area contributed by atoms with Crippen LogP contribution >= 0.6 is 23.2 Å². The van der Waals surface area contributed by atoms with E-state index in [1.54, 1.807) is 30.1 Å². The van der Waals surface area contributed by atoms with Gasteiger partial charge in [-0.2, -0.15) is 5.06 Å². The molecule has 1 N–H and O–H groups in total. The van der Waals surface area contributed by atoms with E-state index < -0.39 is 21.3 Å². The van der Waals surface area contributed by atoms with Crippen molar-refractivity contribution in [3.63, 3.8) is 0 Å². The zero-order valence-corrected chi connectivity index (χ0v) is 17.4. The Hall–Kier alpha value is -0.900. The van der Waals surface area contributed by atoms with E-state index >= 15 is 0 Å². The minimum absolute atomic E-state index is 0.0569. The van der Waals surface area contributed by atoms with Crippen LogP contribution in [0.1, 0.15) is 30.9 Å². The van der Waals surface area contributed by atoms with Gasteiger partial charge in [0.2, 0.25) is 15.9 Å². The maximum absolute atomic E-state index is 12.8. The first-order chi connectivity index (χ1) is 12.8. The van der Waals surface area contributed by atoms with Gasteiger partial charge in [0.1, 0.15) is 5.25 Å². The lowest BCUT2D eigenvalue weighted by Gasteiger charge is -2.23. The summed E-state index contributed by atoms with van der Waals surface area (Å²) in [4.78, 5) is 18.9. The Morgan fingerprint density at radius 2 is 2.07 bits per heavy atom. The van der Waals surface area contributed by atoms with Gasteiger partial charge in [0.05, 0.1) is 22.7 Å². The molecule has 2 saturated heterocycles. The van der Waals surface area contributed by atoms with E-state index in [0.29, 0.717) is 29.4 Å². The van der Waals surface area contributed by atoms with Crippen LogP contribution in [0.2, 0.25) is 10.0 Å². The van der Waals surface area contributed by atoms with Crippen molar-refractivity contribution in [1.82, 2.24) is 14.7 Å². The van der Waals surface area contributed by atoms with Crippen LogP contribution in [0.5, 0.6) is 0 Å². The Kier molecular flexibility index (Phi) is 6.66. The van der Waals surface area contributed by atoms with E-state index in [9.17, 15) is 13.2 Å². The predicted molar refractivity (Wildman–Crippen MR) is 104 cm³/mol. The second kappa shape index (κ2) is 8.63. The van der Waals surface area contributed by atoms with Crippen molar-refractivity contribution in [2.24, 2.45) is 0 Å². The summed E-state index contributed by atoms with van der Waals surface area (Å²) in [6.07, 6.45) is 2.04. The molecule has 2 fully saturated rings. The van der Waals surface area contributed by atoms with Crippen LogP contribution in [0.4, 0.5) is 0 Å². The van der Waals surface area contributed by atoms with Crippen LogP contribution in [-0.2, 0) is 19.7 Å². The fraction of sp³-hybridized carbons (Fsp3) is 0.588. The van der Waals surface area contributed by atoms with E-state index in [-0.39, 0.29) is 19.1 Å². The molecular formula is C17H23Cl2N3O4S. The molecule has 0 bridgehead atoms. The Balaban J connectivity index is 1.63. The summed E-state index contributed by atoms with van der Waals surface area (Å²) in [7, 11) is -1.92. The molecule has 0 saturated carbocycles. The summed E-state index contributed by atoms with van der Waals surface area (Å²) < 4.78 is 28.3. The second-order valence-electron chi connectivity index (χ2n) is 6.78. The average Bonchev–Trinajstić information content (AvgIpc) is 3.20. The number of carbonyl (C=O) groups is 1. The standard InChI is InChI=1S/C17H23Cl2N3O4S/c1-21-17(12-5-6-13(18)14(19)10-12)15(11-26-21)27(24,25)20-7-3-9-22-8-2-4-16(22)23/h5-6,10,15,17,20H,2-4,7-9,11H2,1H3. The summed E-state index contributed by atoms with van der Waals surface area (Å²) >= 11 is 12.1. The molecule has 150 valence electrons. The number of likely N-dealkylation sites (tertiary alicyclic amines) is 1. The second-order valence-corrected chi connectivity index (χ2v) is 9.57. The number of nitrogens with zero attached hydrogens (tertiary/aromatic N) is 2. The first-order valence-corrected chi connectivity index (χ1v) is 11.2. The average molecular weight is 436 g/mol. The largest absolute Gasteiger partial charge is 0.343 e. The first-order valence-electron chi connectivity index (χ1n) is 8.86. The van der Waals surface area contributed by atoms with Gasteiger partial charge in [0.15, 0.2) is 0 Å². The molecule has 0 radical (unpaired) electrons. The third-order valence-electron chi connectivity index (χ3n) is 4.95. The molecule has 2 aliphatic heterocycles. The first kappa shape index (κ1) is 20.8. The van der Waals surface area contributed by atoms with Crippen molar-refractivity contribution in [3.8, 4) is 0 Å². The Morgan fingerprint density at radius 3 is 2.74 bits per heavy atom. The molecule has 2 atom stereocenters. The normalized spacial score (nSPS) is 24.1. The molecule has 3 rings (SSSR count). The minimum Gasteiger partial charge on any atom is -0.343 e. The highest BCUT2D eigenvalue weighted by Gasteiger charge is 2.43. The van der Waals surface area contributed by atoms with Crippen LogP contribution in [-0.4, -0.2) is 62.8 Å². The van der Waals surface area contributed by atoms with Gasteiger partial charge >= 0.3 is 0 Å². The van der Waals surface area contributed by atoms with Gasteiger partial charge in [-0.15, -0.1) is 0 Å². The minimum atomic E-state index is -3.62. The Bertz CT molecular complexity index is 805. The van der Waals surface area contributed by atoms with Gasteiger partial charge in [-0.3, -0.25) is 9.63 Å². The summed E-state index contributed by atoms with van der Waals surface area (Å²) in [5.41, 5.74) is 0.724. The molecule has 1 amide bonds. The number of carbonyl (C=O) groups excluding carboxylic acids is 1. The van der Waals surface area contributed by atoms with E-state index in [1.165, 1.54) is 5.06 Å². The topological polar surface area (TPSA) is 79.0 Å². The third kappa shape index (κ3) is 4.75. The zero-order chi connectivity index (χ0) is 19.6. The van der Waals surface area contributed by atoms with Crippen molar-refractivity contribution in [2.45, 2.75) is 30.6 Å². The molecule has 2 unspecified atom stereocenters. The lowest BCUT2D eigenvalue weighted by Crippen LogP contribution is -2.40. The fourth-order valence-electron chi connectivity index (χ4n) is 3.51. The smallest absolute Gasteiger partial charge is 0.222 e. The lowest BCUT2D eigenvalue weighted by atomic mass is 10.0. The van der Waals surface area contributed by atoms with Crippen molar-refractivity contribution < 1.29 is 18.0 Å². The van der Waals surface area contributed by atoms with Crippen LogP contribution in [0.3, 0.4) is 0 Å². The Morgan fingerprint density at radius 1 is 1.30 bits per heavy atom. The van der Waals surface area contributed by atoms with Gasteiger partial charge in [-0.25, -0.2) is 13.1 Å². The van der Waals surface area contributed by atoms with Crippen molar-refractivity contribution in [1.29, 1.82) is 0 Å². The van der Waals surface area contributed by atoms with Gasteiger partial charge in [-0.1, -0.05) is 29.3 Å². The number of rotatable bonds is 7. The molecule has 7 nitrogen and oxygen atoms in total. The quantitative estimate of drug-likeness (QED) is 0.664. The number of sulfonamides is 1. The molecule has 1 aromatic carbocycles. The molecule has 10 heteroatoms. The third-order valence-corrected chi connectivity index (χ3v) is 7.49. The van der Waals surface area contributed by atoms with E-state index in [4.69, 9.17) is 28.0 Å². The summed E-state index contributed by atoms with van der Waals surface area (Å²) in [5, 5.41) is 1.55. The van der Waals surface area contributed by atoms with Gasteiger partial charge in [0, 0.05) is 33.1 Å². The summed E-state index contributed by atoms with van der Waals surface area (Å²) in [6, 6.07) is 4.58. The van der Waals surface area contributed by atoms with Crippen LogP contribution in [0.15, 0.2) is 18.2 Å². The highest BCUT2D eigenvalue weighted by Crippen LogP contribution is 2.35. The number of nitrogens with one attached hydrogen (secondary N) is 1. The van der Waals surface area contributed by atoms with Crippen molar-refractivity contribution in [2.75, 3.05) is 33.3 Å². The monoisotopic (exact) mass is 435 g/mol. The zero-order valence-electron chi connectivity index (χ0n) is 15.0. The molecule has 0 aliphatic carbocycles. The highest BCUT2D eigenvalue weighted by molar-refractivity contribution is 7.90. The van der Waals surface area contributed by atoms with Crippen LogP contribution in [0, 0.1) is 0 Å². The predicted octanol–water partition coefficient (Wildman–Crippen LogP) is 2.21. The number of hydrogen-bond donors (Lipinski definition) is 1. The van der Waals surface area contributed by atoms with Crippen LogP contribution < -0.4 is 4.72 Å². The lowest BCUT2D eigenvalue weighted by molar-refractivity contribution is -0.127. The van der Waals surface area contributed by atoms with E-state index in [1.807, 2.05) is 0 Å². The molecule has 0 aromatic heterocycles. The van der Waals surface area contributed by atoms with Crippen molar-refractivity contribution in [3.05, 3.63) is 33.8 Å². The molecule has 2 heterocycles. The number of halogens is 2. The fourth-order valence-corrected chi connectivity index (χ4v) is 5.37. The highest BCUT2D eigenvalue weighted by atomic mass is 35.5. The van der Waals surface area contributed by atoms with E-state index in [2.05, 4.69) is 4.72 Å². The number of hydrogen-bond acceptors (Lipinski definition) is 5. The van der Waals surface area contributed by atoms with Crippen molar-refractivity contribution >= 4 is 39.1 Å². The van der Waals surface area contributed by atoms with Gasteiger partial charge in [0.25, 0.3) is 0 Å². The number of hydroxylamine groups is 2. The van der Waals surface area contributed by atoms with Gasteiger partial charge < -0.3 is 4.90 Å². The molecular weight excluding hydrogens is 413 g/mol. The SMILES string of the molecule is CN1OCC(S(=O)(=O)NCCCN2CCCC2=O)C1c1ccc(Cl)c(Cl)c1. The Labute approximate surface area is 169 Å². The van der Waals surface area contributed by atoms with E-state index in [0.717, 1.165) is 18.5 Å². The summed E-state index contributed by atoms with van der Waals surface area (Å²) in [5.74, 6) is 0.142. The number of amides is 1. The molecule has 27 heavy (non-hydrogen) atoms. The summed E-state index contributed by atoms with van der Waals surface area (Å²) in [6.45, 7) is 1.66. The molecule has 0 spiro atoms. The molecule has 2 aliphatic rings. The number of benzene rings is 1. The maximum Gasteiger partial charge on any atom is 0.222 e. The maximum atomic E-state index is 12.8. The van der Waals surface area contributed by atoms with Crippen LogP contribution in [0.25, 0.3) is 0 Å². The van der Waals surface area contributed by atoms with Gasteiger partial charge in [-0.05, 0) is 30.5 Å².